The summed E-state index contributed by atoms with van der Waals surface area (Å²) in [5.41, 5.74) is 6.42. The summed E-state index contributed by atoms with van der Waals surface area (Å²) in [5, 5.41) is 9.02. The van der Waals surface area contributed by atoms with Gasteiger partial charge >= 0.3 is 5.97 Å². The average Bonchev–Trinajstić information content (AvgIpc) is 2.30. The molecule has 1 aromatic carbocycles. The molecule has 0 bridgehead atoms. The first-order valence-corrected chi connectivity index (χ1v) is 5.71. The topological polar surface area (TPSA) is 72.5 Å². The van der Waals surface area contributed by atoms with Crippen LogP contribution >= 0.6 is 11.8 Å². The Labute approximate surface area is 98.8 Å². The summed E-state index contributed by atoms with van der Waals surface area (Å²) in [6, 6.07) is 5.16. The number of methoxy groups -OCH3 is 1. The van der Waals surface area contributed by atoms with Gasteiger partial charge in [-0.25, -0.2) is 4.79 Å². The number of esters is 1. The van der Waals surface area contributed by atoms with Crippen LogP contribution in [0.3, 0.4) is 0 Å². The van der Waals surface area contributed by atoms with Crippen LogP contribution in [0.25, 0.3) is 0 Å². The Morgan fingerprint density at radius 3 is 2.88 bits per heavy atom. The molecule has 1 aromatic rings. The number of aliphatic hydroxyl groups excluding tert-OH is 1. The molecule has 0 saturated carbocycles. The fourth-order valence-electron chi connectivity index (χ4n) is 1.17. The van der Waals surface area contributed by atoms with Crippen molar-refractivity contribution in [3.8, 4) is 0 Å². The van der Waals surface area contributed by atoms with Crippen LogP contribution in [0, 0.1) is 0 Å². The standard InChI is InChI=1S/C11H15NO3S/c1-7(6-13)16-8-3-4-10(12)9(5-8)11(14)15-2/h3-5,7,13H,6,12H2,1-2H3. The number of carbonyl (C=O) groups is 1. The minimum absolute atomic E-state index is 0.0779. The Bertz CT molecular complexity index is 381. The number of ether oxygens (including phenoxy) is 1. The number of anilines is 1. The Morgan fingerprint density at radius 2 is 2.31 bits per heavy atom. The molecule has 0 heterocycles. The van der Waals surface area contributed by atoms with Gasteiger partial charge in [0.1, 0.15) is 0 Å². The van der Waals surface area contributed by atoms with E-state index >= 15 is 0 Å². The van der Waals surface area contributed by atoms with Gasteiger partial charge in [-0.15, -0.1) is 11.8 Å². The van der Waals surface area contributed by atoms with Gasteiger partial charge in [0.25, 0.3) is 0 Å². The number of benzene rings is 1. The summed E-state index contributed by atoms with van der Waals surface area (Å²) < 4.78 is 4.63. The minimum Gasteiger partial charge on any atom is -0.465 e. The summed E-state index contributed by atoms with van der Waals surface area (Å²) >= 11 is 1.48. The Hall–Kier alpha value is -1.20. The molecule has 4 nitrogen and oxygen atoms in total. The average molecular weight is 241 g/mol. The Morgan fingerprint density at radius 1 is 1.62 bits per heavy atom. The van der Waals surface area contributed by atoms with Gasteiger partial charge < -0.3 is 15.6 Å². The predicted molar refractivity (Wildman–Crippen MR) is 64.6 cm³/mol. The van der Waals surface area contributed by atoms with Gasteiger partial charge in [-0.2, -0.15) is 0 Å². The second-order valence-electron chi connectivity index (χ2n) is 3.35. The number of nitrogens with two attached hydrogens (primary N) is 1. The van der Waals surface area contributed by atoms with Crippen molar-refractivity contribution in [3.05, 3.63) is 23.8 Å². The maximum Gasteiger partial charge on any atom is 0.339 e. The summed E-state index contributed by atoms with van der Waals surface area (Å²) in [6.45, 7) is 1.99. The molecule has 0 aliphatic rings. The molecule has 0 amide bonds. The van der Waals surface area contributed by atoms with Gasteiger partial charge in [0, 0.05) is 15.8 Å². The fraction of sp³-hybridized carbons (Fsp3) is 0.364. The molecule has 0 aliphatic carbocycles. The lowest BCUT2D eigenvalue weighted by molar-refractivity contribution is 0.0601. The van der Waals surface area contributed by atoms with Crippen LogP contribution in [-0.4, -0.2) is 30.0 Å². The van der Waals surface area contributed by atoms with Crippen LogP contribution in [0.4, 0.5) is 5.69 Å². The third-order valence-electron chi connectivity index (χ3n) is 2.02. The molecule has 1 rings (SSSR count). The van der Waals surface area contributed by atoms with Crippen molar-refractivity contribution in [3.63, 3.8) is 0 Å². The van der Waals surface area contributed by atoms with Crippen molar-refractivity contribution in [1.82, 2.24) is 0 Å². The monoisotopic (exact) mass is 241 g/mol. The fourth-order valence-corrected chi connectivity index (χ4v) is 2.04. The number of carbonyl (C=O) groups excluding carboxylic acids is 1. The highest BCUT2D eigenvalue weighted by Gasteiger charge is 2.12. The van der Waals surface area contributed by atoms with Crippen molar-refractivity contribution in [2.24, 2.45) is 0 Å². The lowest BCUT2D eigenvalue weighted by Gasteiger charge is -2.10. The lowest BCUT2D eigenvalue weighted by Crippen LogP contribution is -2.06. The van der Waals surface area contributed by atoms with E-state index in [-0.39, 0.29) is 11.9 Å². The van der Waals surface area contributed by atoms with Crippen LogP contribution < -0.4 is 5.73 Å². The van der Waals surface area contributed by atoms with E-state index in [0.29, 0.717) is 11.3 Å². The second kappa shape index (κ2) is 5.77. The Kier molecular flexibility index (Phi) is 4.64. The molecular weight excluding hydrogens is 226 g/mol. The largest absolute Gasteiger partial charge is 0.465 e. The smallest absolute Gasteiger partial charge is 0.339 e. The molecule has 1 atom stereocenters. The number of hydrogen-bond donors (Lipinski definition) is 2. The maximum absolute atomic E-state index is 11.4. The molecule has 0 saturated heterocycles. The first-order valence-electron chi connectivity index (χ1n) is 4.83. The van der Waals surface area contributed by atoms with Crippen LogP contribution in [0.15, 0.2) is 23.1 Å². The van der Waals surface area contributed by atoms with E-state index in [1.165, 1.54) is 18.9 Å². The molecule has 0 aliphatic heterocycles. The van der Waals surface area contributed by atoms with Crippen LogP contribution in [0.5, 0.6) is 0 Å². The first kappa shape index (κ1) is 12.9. The van der Waals surface area contributed by atoms with Gasteiger partial charge in [0.2, 0.25) is 0 Å². The van der Waals surface area contributed by atoms with Crippen molar-refractivity contribution in [2.75, 3.05) is 19.5 Å². The van der Waals surface area contributed by atoms with Gasteiger partial charge in [-0.05, 0) is 18.2 Å². The first-order chi connectivity index (χ1) is 7.58. The van der Waals surface area contributed by atoms with Crippen molar-refractivity contribution in [1.29, 1.82) is 0 Å². The number of hydrogen-bond acceptors (Lipinski definition) is 5. The van der Waals surface area contributed by atoms with Gasteiger partial charge in [-0.3, -0.25) is 0 Å². The molecule has 0 spiro atoms. The van der Waals surface area contributed by atoms with E-state index in [1.54, 1.807) is 12.1 Å². The number of rotatable bonds is 4. The highest BCUT2D eigenvalue weighted by molar-refractivity contribution is 8.00. The Balaban J connectivity index is 2.93. The zero-order valence-electron chi connectivity index (χ0n) is 9.27. The zero-order valence-corrected chi connectivity index (χ0v) is 10.1. The quantitative estimate of drug-likeness (QED) is 0.475. The van der Waals surface area contributed by atoms with Crippen molar-refractivity contribution in [2.45, 2.75) is 17.1 Å². The molecule has 0 fully saturated rings. The molecule has 3 N–H and O–H groups in total. The number of thioether (sulfide) groups is 1. The van der Waals surface area contributed by atoms with Gasteiger partial charge in [0.15, 0.2) is 0 Å². The molecule has 0 aromatic heterocycles. The van der Waals surface area contributed by atoms with E-state index in [0.717, 1.165) is 4.90 Å². The molecule has 0 radical (unpaired) electrons. The minimum atomic E-state index is -0.448. The molecule has 1 unspecified atom stereocenters. The maximum atomic E-state index is 11.4. The van der Waals surface area contributed by atoms with Gasteiger partial charge in [-0.1, -0.05) is 6.92 Å². The van der Waals surface area contributed by atoms with Crippen molar-refractivity contribution < 1.29 is 14.6 Å². The molecular formula is C11H15NO3S. The highest BCUT2D eigenvalue weighted by Crippen LogP contribution is 2.26. The number of aliphatic hydroxyl groups is 1. The van der Waals surface area contributed by atoms with Gasteiger partial charge in [0.05, 0.1) is 19.3 Å². The molecule has 16 heavy (non-hydrogen) atoms. The lowest BCUT2D eigenvalue weighted by atomic mass is 10.2. The van der Waals surface area contributed by atoms with E-state index in [1.807, 2.05) is 13.0 Å². The number of nitrogen functional groups attached to an aromatic ring is 1. The summed E-state index contributed by atoms with van der Waals surface area (Å²) in [4.78, 5) is 12.3. The van der Waals surface area contributed by atoms with Crippen LogP contribution in [0.2, 0.25) is 0 Å². The molecule has 5 heteroatoms. The van der Waals surface area contributed by atoms with E-state index < -0.39 is 5.97 Å². The zero-order chi connectivity index (χ0) is 12.1. The van der Waals surface area contributed by atoms with Crippen LogP contribution in [-0.2, 0) is 4.74 Å². The van der Waals surface area contributed by atoms with E-state index in [4.69, 9.17) is 10.8 Å². The third-order valence-corrected chi connectivity index (χ3v) is 3.10. The van der Waals surface area contributed by atoms with Crippen molar-refractivity contribution >= 4 is 23.4 Å². The van der Waals surface area contributed by atoms with Crippen LogP contribution in [0.1, 0.15) is 17.3 Å². The summed E-state index contributed by atoms with van der Waals surface area (Å²) in [7, 11) is 1.32. The third kappa shape index (κ3) is 3.15. The summed E-state index contributed by atoms with van der Waals surface area (Å²) in [5.74, 6) is -0.448. The molecule has 88 valence electrons. The predicted octanol–water partition coefficient (Wildman–Crippen LogP) is 1.53. The van der Waals surface area contributed by atoms with E-state index in [2.05, 4.69) is 4.74 Å². The normalized spacial score (nSPS) is 12.2. The summed E-state index contributed by atoms with van der Waals surface area (Å²) in [6.07, 6.45) is 0. The second-order valence-corrected chi connectivity index (χ2v) is 4.86. The SMILES string of the molecule is COC(=O)c1cc(SC(C)CO)ccc1N. The highest BCUT2D eigenvalue weighted by atomic mass is 32.2. The van der Waals surface area contributed by atoms with E-state index in [9.17, 15) is 4.79 Å².